The van der Waals surface area contributed by atoms with E-state index in [9.17, 15) is 4.79 Å². The Balaban J connectivity index is 1.37. The van der Waals surface area contributed by atoms with Gasteiger partial charge in [0.1, 0.15) is 30.4 Å². The van der Waals surface area contributed by atoms with E-state index in [4.69, 9.17) is 9.47 Å². The number of carbonyl (C=O) groups is 1. The second-order valence-corrected chi connectivity index (χ2v) is 9.25. The fourth-order valence-electron chi connectivity index (χ4n) is 3.71. The Bertz CT molecular complexity index is 1470. The van der Waals surface area contributed by atoms with E-state index in [1.165, 1.54) is 0 Å². The zero-order valence-electron chi connectivity index (χ0n) is 19.9. The van der Waals surface area contributed by atoms with Gasteiger partial charge in [-0.15, -0.1) is 0 Å². The number of nitrogens with zero attached hydrogens (tertiary/aromatic N) is 1. The first-order valence-corrected chi connectivity index (χ1v) is 12.5. The van der Waals surface area contributed by atoms with Gasteiger partial charge < -0.3 is 14.8 Å². The van der Waals surface area contributed by atoms with Crippen LogP contribution in [-0.4, -0.2) is 16.1 Å². The van der Waals surface area contributed by atoms with Crippen molar-refractivity contribution in [1.29, 1.82) is 0 Å². The molecule has 5 aromatic rings. The molecule has 0 fully saturated rings. The van der Waals surface area contributed by atoms with Gasteiger partial charge in [0.25, 0.3) is 5.91 Å². The van der Waals surface area contributed by atoms with Crippen LogP contribution in [0.3, 0.4) is 0 Å². The van der Waals surface area contributed by atoms with Crippen molar-refractivity contribution < 1.29 is 14.3 Å². The molecule has 0 bridgehead atoms. The highest BCUT2D eigenvalue weighted by atomic mass is 79.9. The molecular weight excluding hydrogens is 530 g/mol. The summed E-state index contributed by atoms with van der Waals surface area (Å²) in [5.41, 5.74) is 4.50. The minimum absolute atomic E-state index is 0.282. The molecular formula is C30H24BrN3O3. The summed E-state index contributed by atoms with van der Waals surface area (Å²) in [5.74, 6) is 1.01. The zero-order chi connectivity index (χ0) is 25.5. The van der Waals surface area contributed by atoms with Gasteiger partial charge in [-0.1, -0.05) is 76.6 Å². The summed E-state index contributed by atoms with van der Waals surface area (Å²) in [4.78, 5) is 12.8. The lowest BCUT2D eigenvalue weighted by molar-refractivity contribution is 0.102. The Morgan fingerprint density at radius 2 is 1.43 bits per heavy atom. The number of halogens is 1. The lowest BCUT2D eigenvalue weighted by Gasteiger charge is -2.13. The average Bonchev–Trinajstić information content (AvgIpc) is 3.44. The van der Waals surface area contributed by atoms with Gasteiger partial charge in [-0.25, -0.2) is 0 Å². The summed E-state index contributed by atoms with van der Waals surface area (Å²) in [6, 6.07) is 34.6. The molecule has 184 valence electrons. The first kappa shape index (κ1) is 24.3. The molecule has 0 aliphatic carbocycles. The van der Waals surface area contributed by atoms with Crippen LogP contribution < -0.4 is 14.8 Å². The molecule has 0 saturated heterocycles. The van der Waals surface area contributed by atoms with Crippen LogP contribution in [0, 0.1) is 0 Å². The molecule has 1 heterocycles. The summed E-state index contributed by atoms with van der Waals surface area (Å²) in [6.45, 7) is 0.832. The van der Waals surface area contributed by atoms with Gasteiger partial charge in [0.15, 0.2) is 0 Å². The van der Waals surface area contributed by atoms with Gasteiger partial charge >= 0.3 is 0 Å². The molecule has 0 unspecified atom stereocenters. The van der Waals surface area contributed by atoms with Gasteiger partial charge in [0, 0.05) is 21.8 Å². The highest BCUT2D eigenvalue weighted by molar-refractivity contribution is 9.10. The Morgan fingerprint density at radius 3 is 2.11 bits per heavy atom. The molecule has 0 atom stereocenters. The molecule has 0 aliphatic rings. The third-order valence-corrected chi connectivity index (χ3v) is 6.17. The maximum atomic E-state index is 12.8. The summed E-state index contributed by atoms with van der Waals surface area (Å²) in [6.07, 6.45) is 0. The molecule has 7 heteroatoms. The van der Waals surface area contributed by atoms with Crippen molar-refractivity contribution in [3.63, 3.8) is 0 Å². The van der Waals surface area contributed by atoms with Crippen molar-refractivity contribution in [3.05, 3.63) is 130 Å². The Kier molecular flexibility index (Phi) is 7.62. The minimum atomic E-state index is -0.282. The summed E-state index contributed by atoms with van der Waals surface area (Å²) < 4.78 is 13.2. The predicted molar refractivity (Wildman–Crippen MR) is 148 cm³/mol. The number of carbonyl (C=O) groups excluding carboxylic acids is 1. The molecule has 0 saturated carbocycles. The first-order valence-electron chi connectivity index (χ1n) is 11.7. The number of aromatic nitrogens is 2. The largest absolute Gasteiger partial charge is 0.489 e. The van der Waals surface area contributed by atoms with Gasteiger partial charge in [-0.2, -0.15) is 5.10 Å². The standard InChI is InChI=1S/C30H24BrN3O3/c31-23-11-13-24(14-12-23)32-30(35)28-18-27(33-34-28)26-16-15-25(36-19-21-7-3-1-4-8-21)17-29(26)37-20-22-9-5-2-6-10-22/h1-18H,19-20H2,(H,32,35)(H,33,34). The Morgan fingerprint density at radius 1 is 0.784 bits per heavy atom. The number of hydrogen-bond acceptors (Lipinski definition) is 4. The fraction of sp³-hybridized carbons (Fsp3) is 0.0667. The van der Waals surface area contributed by atoms with E-state index in [0.717, 1.165) is 21.2 Å². The monoisotopic (exact) mass is 553 g/mol. The van der Waals surface area contributed by atoms with Crippen LogP contribution in [0.1, 0.15) is 21.6 Å². The third-order valence-electron chi connectivity index (χ3n) is 5.64. The van der Waals surface area contributed by atoms with E-state index in [-0.39, 0.29) is 5.91 Å². The van der Waals surface area contributed by atoms with Crippen LogP contribution in [0.25, 0.3) is 11.3 Å². The van der Waals surface area contributed by atoms with Crippen LogP contribution in [0.5, 0.6) is 11.5 Å². The maximum Gasteiger partial charge on any atom is 0.273 e. The van der Waals surface area contributed by atoms with Crippen molar-refractivity contribution in [2.45, 2.75) is 13.2 Å². The van der Waals surface area contributed by atoms with Crippen LogP contribution in [0.2, 0.25) is 0 Å². The topological polar surface area (TPSA) is 76.2 Å². The highest BCUT2D eigenvalue weighted by Gasteiger charge is 2.16. The van der Waals surface area contributed by atoms with E-state index in [1.807, 2.05) is 103 Å². The van der Waals surface area contributed by atoms with Crippen molar-refractivity contribution >= 4 is 27.5 Å². The average molecular weight is 554 g/mol. The molecule has 0 aliphatic heterocycles. The SMILES string of the molecule is O=C(Nc1ccc(Br)cc1)c1cc(-c2ccc(OCc3ccccc3)cc2OCc2ccccc2)n[nH]1. The number of hydrogen-bond donors (Lipinski definition) is 2. The normalized spacial score (nSPS) is 10.6. The van der Waals surface area contributed by atoms with E-state index in [0.29, 0.717) is 41.8 Å². The molecule has 5 rings (SSSR count). The molecule has 0 spiro atoms. The molecule has 1 aromatic heterocycles. The quantitative estimate of drug-likeness (QED) is 0.201. The smallest absolute Gasteiger partial charge is 0.273 e. The van der Waals surface area contributed by atoms with Crippen molar-refractivity contribution in [3.8, 4) is 22.8 Å². The number of rotatable bonds is 9. The van der Waals surface area contributed by atoms with Crippen LogP contribution in [-0.2, 0) is 13.2 Å². The Labute approximate surface area is 223 Å². The molecule has 0 radical (unpaired) electrons. The maximum absolute atomic E-state index is 12.8. The van der Waals surface area contributed by atoms with Crippen molar-refractivity contribution in [2.75, 3.05) is 5.32 Å². The van der Waals surface area contributed by atoms with Gasteiger partial charge in [-0.3, -0.25) is 9.89 Å². The number of nitrogens with one attached hydrogen (secondary N) is 2. The second-order valence-electron chi connectivity index (χ2n) is 8.33. The predicted octanol–water partition coefficient (Wildman–Crippen LogP) is 7.25. The van der Waals surface area contributed by atoms with Gasteiger partial charge in [-0.05, 0) is 53.6 Å². The van der Waals surface area contributed by atoms with Crippen molar-refractivity contribution in [1.82, 2.24) is 10.2 Å². The number of anilines is 1. The lowest BCUT2D eigenvalue weighted by atomic mass is 10.1. The van der Waals surface area contributed by atoms with Crippen molar-refractivity contribution in [2.24, 2.45) is 0 Å². The minimum Gasteiger partial charge on any atom is -0.489 e. The van der Waals surface area contributed by atoms with Crippen LogP contribution in [0.4, 0.5) is 5.69 Å². The van der Waals surface area contributed by atoms with Gasteiger partial charge in [0.2, 0.25) is 0 Å². The third kappa shape index (κ3) is 6.45. The highest BCUT2D eigenvalue weighted by Crippen LogP contribution is 2.34. The first-order chi connectivity index (χ1) is 18.1. The molecule has 6 nitrogen and oxygen atoms in total. The molecule has 37 heavy (non-hydrogen) atoms. The molecule has 2 N–H and O–H groups in total. The Hall–Kier alpha value is -4.36. The number of aromatic amines is 1. The number of amides is 1. The fourth-order valence-corrected chi connectivity index (χ4v) is 3.97. The molecule has 1 amide bonds. The number of benzene rings is 4. The van der Waals surface area contributed by atoms with Gasteiger partial charge in [0.05, 0.1) is 5.69 Å². The van der Waals surface area contributed by atoms with E-state index in [1.54, 1.807) is 6.07 Å². The summed E-state index contributed by atoms with van der Waals surface area (Å²) in [5, 5.41) is 10.1. The van der Waals surface area contributed by atoms with E-state index in [2.05, 4.69) is 31.4 Å². The second kappa shape index (κ2) is 11.6. The summed E-state index contributed by atoms with van der Waals surface area (Å²) >= 11 is 3.40. The van der Waals surface area contributed by atoms with Crippen LogP contribution in [0.15, 0.2) is 114 Å². The van der Waals surface area contributed by atoms with E-state index < -0.39 is 0 Å². The number of ether oxygens (including phenoxy) is 2. The summed E-state index contributed by atoms with van der Waals surface area (Å²) in [7, 11) is 0. The number of H-pyrrole nitrogens is 1. The van der Waals surface area contributed by atoms with E-state index >= 15 is 0 Å². The zero-order valence-corrected chi connectivity index (χ0v) is 21.4. The molecule has 4 aromatic carbocycles. The lowest BCUT2D eigenvalue weighted by Crippen LogP contribution is -2.12. The van der Waals surface area contributed by atoms with Crippen LogP contribution >= 0.6 is 15.9 Å².